The number of pyridine rings is 1. The van der Waals surface area contributed by atoms with E-state index in [9.17, 15) is 5.11 Å². The Labute approximate surface area is 150 Å². The van der Waals surface area contributed by atoms with Crippen LogP contribution in [0.3, 0.4) is 0 Å². The Bertz CT molecular complexity index is 674. The average Bonchev–Trinajstić information content (AvgIpc) is 2.95. The molecule has 0 bridgehead atoms. The highest BCUT2D eigenvalue weighted by molar-refractivity contribution is 5.26. The van der Waals surface area contributed by atoms with Crippen LogP contribution < -0.4 is 5.32 Å². The minimum Gasteiger partial charge on any atom is -0.466 e. The number of aliphatic hydroxyl groups is 1. The first-order valence-corrected chi connectivity index (χ1v) is 9.08. The minimum absolute atomic E-state index is 0.452. The number of aryl methyl sites for hydroxylation is 2. The van der Waals surface area contributed by atoms with Crippen LogP contribution in [0.15, 0.2) is 35.0 Å². The number of nitrogens with one attached hydrogen (secondary N) is 1. The van der Waals surface area contributed by atoms with E-state index in [0.29, 0.717) is 12.6 Å². The van der Waals surface area contributed by atoms with Gasteiger partial charge in [0.15, 0.2) is 0 Å². The number of furan rings is 1. The summed E-state index contributed by atoms with van der Waals surface area (Å²) in [5, 5.41) is 14.4. The van der Waals surface area contributed by atoms with Crippen LogP contribution in [0.2, 0.25) is 0 Å². The van der Waals surface area contributed by atoms with Gasteiger partial charge in [-0.25, -0.2) is 0 Å². The summed E-state index contributed by atoms with van der Waals surface area (Å²) in [7, 11) is 0. The summed E-state index contributed by atoms with van der Waals surface area (Å²) in [6.45, 7) is 9.36. The summed E-state index contributed by atoms with van der Waals surface area (Å²) < 4.78 is 5.56. The quantitative estimate of drug-likeness (QED) is 0.844. The Morgan fingerprint density at radius 1 is 1.28 bits per heavy atom. The number of hydrogen-bond donors (Lipinski definition) is 2. The maximum atomic E-state index is 10.8. The van der Waals surface area contributed by atoms with Crippen LogP contribution in [0.25, 0.3) is 0 Å². The summed E-state index contributed by atoms with van der Waals surface area (Å²) in [6, 6.07) is 6.55. The lowest BCUT2D eigenvalue weighted by Gasteiger charge is -2.34. The summed E-state index contributed by atoms with van der Waals surface area (Å²) in [4.78, 5) is 6.55. The van der Waals surface area contributed by atoms with Crippen LogP contribution in [0, 0.1) is 13.8 Å². The van der Waals surface area contributed by atoms with Crippen molar-refractivity contribution in [2.45, 2.75) is 51.8 Å². The van der Waals surface area contributed by atoms with Crippen LogP contribution in [0.1, 0.15) is 42.4 Å². The van der Waals surface area contributed by atoms with E-state index in [1.807, 2.05) is 39.2 Å². The van der Waals surface area contributed by atoms with E-state index >= 15 is 0 Å². The molecular weight excluding hydrogens is 314 g/mol. The monoisotopic (exact) mass is 343 g/mol. The van der Waals surface area contributed by atoms with Crippen LogP contribution in [-0.2, 0) is 12.1 Å². The summed E-state index contributed by atoms with van der Waals surface area (Å²) in [6.07, 6.45) is 5.91. The molecule has 5 heteroatoms. The van der Waals surface area contributed by atoms with Crippen molar-refractivity contribution in [3.05, 3.63) is 53.2 Å². The Morgan fingerprint density at radius 3 is 2.56 bits per heavy atom. The van der Waals surface area contributed by atoms with Gasteiger partial charge in [-0.2, -0.15) is 0 Å². The molecule has 1 unspecified atom stereocenters. The van der Waals surface area contributed by atoms with E-state index in [2.05, 4.69) is 27.3 Å². The third kappa shape index (κ3) is 4.69. The van der Waals surface area contributed by atoms with Gasteiger partial charge in [-0.1, -0.05) is 0 Å². The molecule has 1 aliphatic rings. The molecule has 1 aliphatic heterocycles. The molecule has 0 radical (unpaired) electrons. The molecule has 1 fully saturated rings. The van der Waals surface area contributed by atoms with Gasteiger partial charge >= 0.3 is 0 Å². The van der Waals surface area contributed by atoms with E-state index in [1.165, 1.54) is 5.56 Å². The molecule has 2 N–H and O–H groups in total. The van der Waals surface area contributed by atoms with Gasteiger partial charge in [0.05, 0.1) is 0 Å². The van der Waals surface area contributed by atoms with Crippen molar-refractivity contribution in [1.29, 1.82) is 0 Å². The SMILES string of the molecule is Cc1cc(C(C)(O)CNC2CCN(Cc3ccncc3)CC2)c(C)o1. The number of piperidine rings is 1. The largest absolute Gasteiger partial charge is 0.466 e. The first-order chi connectivity index (χ1) is 11.9. The Kier molecular flexibility index (Phi) is 5.57. The van der Waals surface area contributed by atoms with Crippen LogP contribution in [-0.4, -0.2) is 40.7 Å². The molecule has 0 saturated carbocycles. The molecule has 0 aromatic carbocycles. The molecule has 1 atom stereocenters. The second kappa shape index (κ2) is 7.68. The molecule has 0 spiro atoms. The molecule has 2 aromatic rings. The smallest absolute Gasteiger partial charge is 0.107 e. The fraction of sp³-hybridized carbons (Fsp3) is 0.550. The molecule has 0 aliphatic carbocycles. The molecule has 0 amide bonds. The minimum atomic E-state index is -0.907. The zero-order valence-electron chi connectivity index (χ0n) is 15.5. The second-order valence-electron chi connectivity index (χ2n) is 7.39. The van der Waals surface area contributed by atoms with E-state index in [-0.39, 0.29) is 0 Å². The predicted molar refractivity (Wildman–Crippen MR) is 98.3 cm³/mol. The highest BCUT2D eigenvalue weighted by atomic mass is 16.3. The molecular formula is C20H29N3O2. The molecule has 3 rings (SSSR count). The number of likely N-dealkylation sites (tertiary alicyclic amines) is 1. The fourth-order valence-electron chi connectivity index (χ4n) is 3.65. The van der Waals surface area contributed by atoms with Gasteiger partial charge in [-0.15, -0.1) is 0 Å². The Balaban J connectivity index is 1.47. The summed E-state index contributed by atoms with van der Waals surface area (Å²) in [5.74, 6) is 1.65. The van der Waals surface area contributed by atoms with Gasteiger partial charge in [-0.3, -0.25) is 9.88 Å². The lowest BCUT2D eigenvalue weighted by molar-refractivity contribution is 0.0485. The fourth-order valence-corrected chi connectivity index (χ4v) is 3.65. The number of hydrogen-bond acceptors (Lipinski definition) is 5. The third-order valence-electron chi connectivity index (χ3n) is 5.10. The topological polar surface area (TPSA) is 61.5 Å². The number of aromatic nitrogens is 1. The zero-order chi connectivity index (χ0) is 17.9. The van der Waals surface area contributed by atoms with Gasteiger partial charge in [0, 0.05) is 37.1 Å². The van der Waals surface area contributed by atoms with E-state index in [4.69, 9.17) is 4.42 Å². The van der Waals surface area contributed by atoms with Crippen LogP contribution >= 0.6 is 0 Å². The van der Waals surface area contributed by atoms with Crippen LogP contribution in [0.4, 0.5) is 0 Å². The molecule has 2 aromatic heterocycles. The van der Waals surface area contributed by atoms with E-state index < -0.39 is 5.60 Å². The maximum Gasteiger partial charge on any atom is 0.107 e. The lowest BCUT2D eigenvalue weighted by Crippen LogP contribution is -2.46. The van der Waals surface area contributed by atoms with Crippen molar-refractivity contribution < 1.29 is 9.52 Å². The highest BCUT2D eigenvalue weighted by Gasteiger charge is 2.29. The van der Waals surface area contributed by atoms with Crippen molar-refractivity contribution in [3.63, 3.8) is 0 Å². The first-order valence-electron chi connectivity index (χ1n) is 9.08. The molecule has 1 saturated heterocycles. The Hall–Kier alpha value is -1.69. The number of rotatable bonds is 6. The lowest BCUT2D eigenvalue weighted by atomic mass is 9.95. The van der Waals surface area contributed by atoms with Gasteiger partial charge in [0.1, 0.15) is 17.1 Å². The van der Waals surface area contributed by atoms with Crippen molar-refractivity contribution >= 4 is 0 Å². The van der Waals surface area contributed by atoms with Gasteiger partial charge in [0.2, 0.25) is 0 Å². The molecule has 5 nitrogen and oxygen atoms in total. The molecule has 25 heavy (non-hydrogen) atoms. The predicted octanol–water partition coefficient (Wildman–Crippen LogP) is 2.75. The first kappa shape index (κ1) is 18.1. The summed E-state index contributed by atoms with van der Waals surface area (Å²) in [5.41, 5.74) is 1.29. The molecule has 3 heterocycles. The molecule has 136 valence electrons. The van der Waals surface area contributed by atoms with Crippen molar-refractivity contribution in [1.82, 2.24) is 15.2 Å². The van der Waals surface area contributed by atoms with Gasteiger partial charge in [0.25, 0.3) is 0 Å². The second-order valence-corrected chi connectivity index (χ2v) is 7.39. The third-order valence-corrected chi connectivity index (χ3v) is 5.10. The van der Waals surface area contributed by atoms with Crippen LogP contribution in [0.5, 0.6) is 0 Å². The van der Waals surface area contributed by atoms with Crippen molar-refractivity contribution in [3.8, 4) is 0 Å². The normalized spacial score (nSPS) is 19.0. The maximum absolute atomic E-state index is 10.8. The van der Waals surface area contributed by atoms with Gasteiger partial charge < -0.3 is 14.8 Å². The Morgan fingerprint density at radius 2 is 1.96 bits per heavy atom. The number of nitrogens with zero attached hydrogens (tertiary/aromatic N) is 2. The average molecular weight is 343 g/mol. The summed E-state index contributed by atoms with van der Waals surface area (Å²) >= 11 is 0. The highest BCUT2D eigenvalue weighted by Crippen LogP contribution is 2.27. The van der Waals surface area contributed by atoms with E-state index in [0.717, 1.165) is 49.6 Å². The van der Waals surface area contributed by atoms with Crippen molar-refractivity contribution in [2.75, 3.05) is 19.6 Å². The standard InChI is InChI=1S/C20H29N3O2/c1-15-12-19(16(2)25-15)20(3,24)14-22-18-6-10-23(11-7-18)13-17-4-8-21-9-5-17/h4-5,8-9,12,18,22,24H,6-7,10-11,13-14H2,1-3H3. The van der Waals surface area contributed by atoms with Crippen molar-refractivity contribution in [2.24, 2.45) is 0 Å². The zero-order valence-corrected chi connectivity index (χ0v) is 15.5. The van der Waals surface area contributed by atoms with E-state index in [1.54, 1.807) is 0 Å². The van der Waals surface area contributed by atoms with Gasteiger partial charge in [-0.05, 0) is 70.5 Å².